The molecule has 0 unspecified atom stereocenters. The average molecular weight is 329 g/mol. The number of aromatic nitrogens is 1. The van der Waals surface area contributed by atoms with Crippen LogP contribution in [0.4, 0.5) is 5.82 Å². The maximum Gasteiger partial charge on any atom is 0.343 e. The van der Waals surface area contributed by atoms with Gasteiger partial charge in [0.05, 0.1) is 0 Å². The van der Waals surface area contributed by atoms with Crippen molar-refractivity contribution in [1.29, 1.82) is 0 Å². The van der Waals surface area contributed by atoms with Gasteiger partial charge in [-0.1, -0.05) is 35.5 Å². The molecule has 1 saturated heterocycles. The lowest BCUT2D eigenvalue weighted by molar-refractivity contribution is -0.133. The van der Waals surface area contributed by atoms with Gasteiger partial charge in [-0.05, 0) is 12.8 Å². The van der Waals surface area contributed by atoms with E-state index < -0.39 is 5.97 Å². The molecule has 1 amide bonds. The number of amides is 1. The number of hydrogen-bond acceptors (Lipinski definition) is 5. The van der Waals surface area contributed by atoms with Gasteiger partial charge in [-0.15, -0.1) is 0 Å². The molecule has 2 N–H and O–H groups in total. The van der Waals surface area contributed by atoms with Crippen LogP contribution in [0.15, 0.2) is 34.9 Å². The highest BCUT2D eigenvalue weighted by atomic mass is 16.5. The Morgan fingerprint density at radius 3 is 2.79 bits per heavy atom. The number of benzene rings is 1. The second-order valence-corrected chi connectivity index (χ2v) is 5.67. The zero-order chi connectivity index (χ0) is 16.9. The number of carboxylic acid groups (broad SMARTS) is 1. The van der Waals surface area contributed by atoms with Crippen LogP contribution in [-0.2, 0) is 4.79 Å². The summed E-state index contributed by atoms with van der Waals surface area (Å²) in [5.41, 5.74) is 0.660. The van der Waals surface area contributed by atoms with Crippen molar-refractivity contribution in [2.75, 3.05) is 25.0 Å². The Morgan fingerprint density at radius 2 is 2.08 bits per heavy atom. The summed E-state index contributed by atoms with van der Waals surface area (Å²) in [6.07, 6.45) is 2.53. The Bertz CT molecular complexity index is 727. The maximum absolute atomic E-state index is 11.8. The lowest BCUT2D eigenvalue weighted by atomic mass is 10.1. The van der Waals surface area contributed by atoms with Gasteiger partial charge < -0.3 is 19.8 Å². The molecule has 126 valence electrons. The Balaban J connectivity index is 1.71. The molecule has 0 bridgehead atoms. The third kappa shape index (κ3) is 3.40. The van der Waals surface area contributed by atoms with Crippen LogP contribution in [0.5, 0.6) is 0 Å². The number of hydrogen-bond donors (Lipinski definition) is 2. The summed E-state index contributed by atoms with van der Waals surface area (Å²) < 4.78 is 5.23. The van der Waals surface area contributed by atoms with E-state index in [0.29, 0.717) is 25.1 Å². The van der Waals surface area contributed by atoms with E-state index >= 15 is 0 Å². The molecule has 1 aromatic heterocycles. The topological polar surface area (TPSA) is 95.7 Å². The molecule has 1 aliphatic rings. The van der Waals surface area contributed by atoms with Gasteiger partial charge in [0.25, 0.3) is 0 Å². The molecule has 1 fully saturated rings. The van der Waals surface area contributed by atoms with Crippen LogP contribution in [0, 0.1) is 0 Å². The summed E-state index contributed by atoms with van der Waals surface area (Å²) >= 11 is 0. The first-order valence-corrected chi connectivity index (χ1v) is 7.97. The minimum absolute atomic E-state index is 0.00571. The van der Waals surface area contributed by atoms with Crippen molar-refractivity contribution in [3.05, 3.63) is 35.9 Å². The van der Waals surface area contributed by atoms with Crippen LogP contribution >= 0.6 is 0 Å². The van der Waals surface area contributed by atoms with Gasteiger partial charge in [-0.2, -0.15) is 0 Å². The zero-order valence-corrected chi connectivity index (χ0v) is 13.2. The van der Waals surface area contributed by atoms with Gasteiger partial charge in [0.15, 0.2) is 17.1 Å². The second kappa shape index (κ2) is 7.16. The molecular weight excluding hydrogens is 310 g/mol. The van der Waals surface area contributed by atoms with Gasteiger partial charge >= 0.3 is 5.97 Å². The minimum Gasteiger partial charge on any atom is -0.477 e. The predicted octanol–water partition coefficient (Wildman–Crippen LogP) is 2.46. The van der Waals surface area contributed by atoms with Crippen LogP contribution in [0.3, 0.4) is 0 Å². The first-order valence-electron chi connectivity index (χ1n) is 7.97. The molecular formula is C17H19N3O4. The summed E-state index contributed by atoms with van der Waals surface area (Å²) in [4.78, 5) is 25.1. The molecule has 7 heteroatoms. The molecule has 24 heavy (non-hydrogen) atoms. The van der Waals surface area contributed by atoms with E-state index in [9.17, 15) is 14.7 Å². The Morgan fingerprint density at radius 1 is 1.29 bits per heavy atom. The van der Waals surface area contributed by atoms with E-state index in [1.54, 1.807) is 29.2 Å². The Hall–Kier alpha value is -2.83. The summed E-state index contributed by atoms with van der Waals surface area (Å²) in [6.45, 7) is 1.69. The van der Waals surface area contributed by atoms with E-state index in [2.05, 4.69) is 10.5 Å². The molecule has 3 rings (SSSR count). The number of carboxylic acids is 1. The van der Waals surface area contributed by atoms with Crippen LogP contribution in [-0.4, -0.2) is 46.7 Å². The molecule has 0 atom stereocenters. The number of piperidine rings is 1. The van der Waals surface area contributed by atoms with Crippen molar-refractivity contribution in [3.8, 4) is 11.3 Å². The van der Waals surface area contributed by atoms with Crippen molar-refractivity contribution in [3.63, 3.8) is 0 Å². The number of aromatic carboxylic acids is 1. The number of anilines is 1. The Labute approximate surface area is 139 Å². The lowest BCUT2D eigenvalue weighted by Gasteiger charge is -2.26. The number of nitrogens with zero attached hydrogens (tertiary/aromatic N) is 2. The monoisotopic (exact) mass is 329 g/mol. The molecule has 1 aliphatic heterocycles. The number of nitrogens with one attached hydrogen (secondary N) is 1. The fourth-order valence-corrected chi connectivity index (χ4v) is 2.80. The summed E-state index contributed by atoms with van der Waals surface area (Å²) in [5, 5.41) is 16.3. The van der Waals surface area contributed by atoms with Crippen molar-refractivity contribution in [2.24, 2.45) is 0 Å². The van der Waals surface area contributed by atoms with E-state index in [-0.39, 0.29) is 23.0 Å². The van der Waals surface area contributed by atoms with Crippen LogP contribution < -0.4 is 5.32 Å². The number of carbonyl (C=O) groups is 2. The minimum atomic E-state index is -1.10. The standard InChI is InChI=1S/C17H19N3O4/c21-13-8-4-5-10-20(13)11-9-18-16-14(17(22)23)15(24-19-16)12-6-2-1-3-7-12/h1-3,6-7H,4-5,8-11H2,(H,18,19)(H,22,23). The zero-order valence-electron chi connectivity index (χ0n) is 13.2. The fraction of sp³-hybridized carbons (Fsp3) is 0.353. The third-order valence-electron chi connectivity index (χ3n) is 4.04. The predicted molar refractivity (Wildman–Crippen MR) is 87.8 cm³/mol. The van der Waals surface area contributed by atoms with E-state index in [0.717, 1.165) is 19.4 Å². The quantitative estimate of drug-likeness (QED) is 0.845. The molecule has 0 saturated carbocycles. The third-order valence-corrected chi connectivity index (χ3v) is 4.04. The number of rotatable bonds is 6. The largest absolute Gasteiger partial charge is 0.477 e. The smallest absolute Gasteiger partial charge is 0.343 e. The number of carbonyl (C=O) groups excluding carboxylic acids is 1. The van der Waals surface area contributed by atoms with Gasteiger partial charge in [0.2, 0.25) is 5.91 Å². The van der Waals surface area contributed by atoms with Gasteiger partial charge in [-0.25, -0.2) is 4.79 Å². The molecule has 2 heterocycles. The summed E-state index contributed by atoms with van der Waals surface area (Å²) in [7, 11) is 0. The highest BCUT2D eigenvalue weighted by Gasteiger charge is 2.24. The Kier molecular flexibility index (Phi) is 4.79. The van der Waals surface area contributed by atoms with Crippen molar-refractivity contribution < 1.29 is 19.2 Å². The van der Waals surface area contributed by atoms with Crippen molar-refractivity contribution in [1.82, 2.24) is 10.1 Å². The van der Waals surface area contributed by atoms with Gasteiger partial charge in [-0.3, -0.25) is 4.79 Å². The second-order valence-electron chi connectivity index (χ2n) is 5.67. The summed E-state index contributed by atoms with van der Waals surface area (Å²) in [6, 6.07) is 8.98. The van der Waals surface area contributed by atoms with Crippen LogP contribution in [0.1, 0.15) is 29.6 Å². The molecule has 1 aromatic carbocycles. The average Bonchev–Trinajstić information content (AvgIpc) is 3.01. The molecule has 7 nitrogen and oxygen atoms in total. The molecule has 0 radical (unpaired) electrons. The fourth-order valence-electron chi connectivity index (χ4n) is 2.80. The lowest BCUT2D eigenvalue weighted by Crippen LogP contribution is -2.38. The number of likely N-dealkylation sites (tertiary alicyclic amines) is 1. The summed E-state index contributed by atoms with van der Waals surface area (Å²) in [5.74, 6) is -0.552. The first-order chi connectivity index (χ1) is 11.7. The molecule has 2 aromatic rings. The van der Waals surface area contributed by atoms with Crippen molar-refractivity contribution >= 4 is 17.7 Å². The molecule has 0 aliphatic carbocycles. The van der Waals surface area contributed by atoms with Crippen LogP contribution in [0.25, 0.3) is 11.3 Å². The van der Waals surface area contributed by atoms with E-state index in [1.807, 2.05) is 6.07 Å². The van der Waals surface area contributed by atoms with Gasteiger partial charge in [0.1, 0.15) is 0 Å². The van der Waals surface area contributed by atoms with E-state index in [4.69, 9.17) is 4.52 Å². The maximum atomic E-state index is 11.8. The van der Waals surface area contributed by atoms with E-state index in [1.165, 1.54) is 0 Å². The van der Waals surface area contributed by atoms with Gasteiger partial charge in [0, 0.05) is 31.6 Å². The SMILES string of the molecule is O=C(O)c1c(NCCN2CCCCC2=O)noc1-c1ccccc1. The molecule has 0 spiro atoms. The first kappa shape index (κ1) is 16.0. The highest BCUT2D eigenvalue weighted by molar-refractivity contribution is 5.99. The van der Waals surface area contributed by atoms with Crippen molar-refractivity contribution in [2.45, 2.75) is 19.3 Å². The highest BCUT2D eigenvalue weighted by Crippen LogP contribution is 2.29. The van der Waals surface area contributed by atoms with Crippen LogP contribution in [0.2, 0.25) is 0 Å². The normalized spacial score (nSPS) is 14.7.